The topological polar surface area (TPSA) is 91.4 Å². The molecule has 4 amide bonds. The summed E-state index contributed by atoms with van der Waals surface area (Å²) in [7, 11) is 0. The SMILES string of the molecule is CC(NC(=O)CN1C(=O)NC(C)(c2ccccn2)C1=O)c1ccc(Cl)c(Cl)c1. The Labute approximate surface area is 172 Å². The largest absolute Gasteiger partial charge is 0.348 e. The third-order valence-electron chi connectivity index (χ3n) is 4.58. The third kappa shape index (κ3) is 3.81. The van der Waals surface area contributed by atoms with Crippen LogP contribution in [0, 0.1) is 0 Å². The molecule has 7 nitrogen and oxygen atoms in total. The van der Waals surface area contributed by atoms with Gasteiger partial charge in [0.15, 0.2) is 5.54 Å². The second kappa shape index (κ2) is 7.77. The highest BCUT2D eigenvalue weighted by Gasteiger charge is 2.50. The van der Waals surface area contributed by atoms with E-state index in [0.717, 1.165) is 10.5 Å². The van der Waals surface area contributed by atoms with E-state index in [1.807, 2.05) is 0 Å². The number of nitrogens with one attached hydrogen (secondary N) is 2. The molecule has 0 radical (unpaired) electrons. The number of imide groups is 1. The lowest BCUT2D eigenvalue weighted by Gasteiger charge is -2.21. The number of carbonyl (C=O) groups is 3. The van der Waals surface area contributed by atoms with Crippen molar-refractivity contribution >= 4 is 41.0 Å². The van der Waals surface area contributed by atoms with E-state index >= 15 is 0 Å². The van der Waals surface area contributed by atoms with Crippen molar-refractivity contribution in [2.24, 2.45) is 0 Å². The van der Waals surface area contributed by atoms with Gasteiger partial charge in [-0.25, -0.2) is 4.79 Å². The molecule has 2 aromatic rings. The summed E-state index contributed by atoms with van der Waals surface area (Å²) in [4.78, 5) is 42.5. The van der Waals surface area contributed by atoms with Crippen molar-refractivity contribution in [3.63, 3.8) is 0 Å². The summed E-state index contributed by atoms with van der Waals surface area (Å²) in [6.45, 7) is 2.92. The van der Waals surface area contributed by atoms with Crippen LogP contribution in [0.15, 0.2) is 42.6 Å². The summed E-state index contributed by atoms with van der Waals surface area (Å²) in [5.41, 5.74) is -0.160. The van der Waals surface area contributed by atoms with Gasteiger partial charge in [0.1, 0.15) is 6.54 Å². The van der Waals surface area contributed by atoms with Gasteiger partial charge in [-0.15, -0.1) is 0 Å². The molecule has 1 aromatic heterocycles. The molecule has 2 atom stereocenters. The molecule has 3 rings (SSSR count). The van der Waals surface area contributed by atoms with Crippen LogP contribution in [-0.2, 0) is 15.1 Å². The fourth-order valence-electron chi connectivity index (χ4n) is 2.97. The van der Waals surface area contributed by atoms with Crippen LogP contribution < -0.4 is 10.6 Å². The van der Waals surface area contributed by atoms with E-state index in [0.29, 0.717) is 15.7 Å². The van der Waals surface area contributed by atoms with Gasteiger partial charge in [0.25, 0.3) is 5.91 Å². The molecule has 0 bridgehead atoms. The second-order valence-corrected chi connectivity index (χ2v) is 7.44. The zero-order chi connectivity index (χ0) is 20.5. The Morgan fingerprint density at radius 2 is 2.00 bits per heavy atom. The van der Waals surface area contributed by atoms with Crippen LogP contribution in [0.5, 0.6) is 0 Å². The van der Waals surface area contributed by atoms with Crippen LogP contribution in [0.4, 0.5) is 4.79 Å². The van der Waals surface area contributed by atoms with Crippen LogP contribution in [0.25, 0.3) is 0 Å². The zero-order valence-corrected chi connectivity index (χ0v) is 16.7. The van der Waals surface area contributed by atoms with Crippen molar-refractivity contribution < 1.29 is 14.4 Å². The number of aromatic nitrogens is 1. The fourth-order valence-corrected chi connectivity index (χ4v) is 3.27. The van der Waals surface area contributed by atoms with E-state index in [-0.39, 0.29) is 6.04 Å². The molecule has 1 saturated heterocycles. The highest BCUT2D eigenvalue weighted by atomic mass is 35.5. The van der Waals surface area contributed by atoms with Gasteiger partial charge in [-0.3, -0.25) is 19.5 Å². The molecule has 0 aliphatic carbocycles. The minimum atomic E-state index is -1.31. The molecular weight excluding hydrogens is 403 g/mol. The second-order valence-electron chi connectivity index (χ2n) is 6.62. The van der Waals surface area contributed by atoms with Gasteiger partial charge in [-0.05, 0) is 43.7 Å². The minimum absolute atomic E-state index is 0.375. The number of carbonyl (C=O) groups excluding carboxylic acids is 3. The number of halogens is 2. The molecule has 146 valence electrons. The highest BCUT2D eigenvalue weighted by molar-refractivity contribution is 6.42. The average Bonchev–Trinajstić information content (AvgIpc) is 2.88. The normalized spacial score (nSPS) is 20.1. The van der Waals surface area contributed by atoms with Gasteiger partial charge in [0, 0.05) is 6.20 Å². The Morgan fingerprint density at radius 1 is 1.25 bits per heavy atom. The Morgan fingerprint density at radius 3 is 2.64 bits per heavy atom. The van der Waals surface area contributed by atoms with Gasteiger partial charge in [-0.2, -0.15) is 0 Å². The van der Waals surface area contributed by atoms with E-state index in [1.165, 1.54) is 6.20 Å². The van der Waals surface area contributed by atoms with Gasteiger partial charge >= 0.3 is 6.03 Å². The van der Waals surface area contributed by atoms with E-state index in [1.54, 1.807) is 50.2 Å². The Kier molecular flexibility index (Phi) is 5.58. The maximum absolute atomic E-state index is 12.8. The number of amides is 4. The highest BCUT2D eigenvalue weighted by Crippen LogP contribution is 2.28. The molecule has 0 saturated carbocycles. The lowest BCUT2D eigenvalue weighted by Crippen LogP contribution is -2.44. The van der Waals surface area contributed by atoms with Gasteiger partial charge in [-0.1, -0.05) is 35.3 Å². The Hall–Kier alpha value is -2.64. The van der Waals surface area contributed by atoms with E-state index in [2.05, 4.69) is 15.6 Å². The van der Waals surface area contributed by atoms with Gasteiger partial charge in [0.05, 0.1) is 21.8 Å². The van der Waals surface area contributed by atoms with Crippen LogP contribution in [0.1, 0.15) is 31.1 Å². The molecule has 2 heterocycles. The summed E-state index contributed by atoms with van der Waals surface area (Å²) in [5, 5.41) is 6.15. The number of pyridine rings is 1. The maximum Gasteiger partial charge on any atom is 0.325 e. The number of hydrogen-bond acceptors (Lipinski definition) is 4. The van der Waals surface area contributed by atoms with Crippen LogP contribution in [0.3, 0.4) is 0 Å². The van der Waals surface area contributed by atoms with Crippen molar-refractivity contribution in [3.8, 4) is 0 Å². The summed E-state index contributed by atoms with van der Waals surface area (Å²) < 4.78 is 0. The molecule has 0 spiro atoms. The van der Waals surface area contributed by atoms with Crippen molar-refractivity contribution in [1.82, 2.24) is 20.5 Å². The average molecular weight is 421 g/mol. The molecule has 1 aliphatic heterocycles. The van der Waals surface area contributed by atoms with Crippen LogP contribution >= 0.6 is 23.2 Å². The number of nitrogens with zero attached hydrogens (tertiary/aromatic N) is 2. The standard InChI is InChI=1S/C19H18Cl2N4O3/c1-11(12-6-7-13(20)14(21)9-12)23-16(26)10-25-17(27)19(2,24-18(25)28)15-5-3-4-8-22-15/h3-9,11H,10H2,1-2H3,(H,23,26)(H,24,28). The third-order valence-corrected chi connectivity index (χ3v) is 5.31. The van der Waals surface area contributed by atoms with Crippen molar-refractivity contribution in [2.75, 3.05) is 6.54 Å². The predicted octanol–water partition coefficient (Wildman–Crippen LogP) is 3.03. The first kappa shape index (κ1) is 20.1. The minimum Gasteiger partial charge on any atom is -0.348 e. The summed E-state index contributed by atoms with van der Waals surface area (Å²) >= 11 is 11.9. The molecular formula is C19H18Cl2N4O3. The lowest BCUT2D eigenvalue weighted by molar-refractivity contribution is -0.135. The summed E-state index contributed by atoms with van der Waals surface area (Å²) in [6.07, 6.45) is 1.54. The molecule has 2 N–H and O–H groups in total. The van der Waals surface area contributed by atoms with E-state index in [9.17, 15) is 14.4 Å². The smallest absolute Gasteiger partial charge is 0.325 e. The lowest BCUT2D eigenvalue weighted by atomic mass is 9.97. The molecule has 2 unspecified atom stereocenters. The summed E-state index contributed by atoms with van der Waals surface area (Å²) in [6, 6.07) is 9.09. The molecule has 1 aliphatic rings. The first-order valence-corrected chi connectivity index (χ1v) is 9.28. The molecule has 9 heteroatoms. The van der Waals surface area contributed by atoms with E-state index < -0.39 is 29.9 Å². The fraction of sp³-hybridized carbons (Fsp3) is 0.263. The number of benzene rings is 1. The monoisotopic (exact) mass is 420 g/mol. The molecule has 28 heavy (non-hydrogen) atoms. The van der Waals surface area contributed by atoms with Gasteiger partial charge < -0.3 is 10.6 Å². The quantitative estimate of drug-likeness (QED) is 0.727. The Balaban J connectivity index is 1.69. The first-order chi connectivity index (χ1) is 13.2. The van der Waals surface area contributed by atoms with Gasteiger partial charge in [0.2, 0.25) is 5.91 Å². The van der Waals surface area contributed by atoms with Crippen molar-refractivity contribution in [2.45, 2.75) is 25.4 Å². The van der Waals surface area contributed by atoms with Crippen LogP contribution in [-0.4, -0.2) is 34.3 Å². The van der Waals surface area contributed by atoms with Crippen molar-refractivity contribution in [1.29, 1.82) is 0 Å². The number of rotatable bonds is 5. The predicted molar refractivity (Wildman–Crippen MR) is 105 cm³/mol. The molecule has 1 aromatic carbocycles. The Bertz CT molecular complexity index is 938. The summed E-state index contributed by atoms with van der Waals surface area (Å²) in [5.74, 6) is -1.01. The first-order valence-electron chi connectivity index (χ1n) is 8.52. The van der Waals surface area contributed by atoms with Crippen LogP contribution in [0.2, 0.25) is 10.0 Å². The van der Waals surface area contributed by atoms with Crippen molar-refractivity contribution in [3.05, 3.63) is 63.9 Å². The zero-order valence-electron chi connectivity index (χ0n) is 15.2. The maximum atomic E-state index is 12.8. The number of urea groups is 1. The molecule has 1 fully saturated rings. The van der Waals surface area contributed by atoms with E-state index in [4.69, 9.17) is 23.2 Å². The number of hydrogen-bond donors (Lipinski definition) is 2.